The van der Waals surface area contributed by atoms with Gasteiger partial charge >= 0.3 is 6.03 Å². The maximum atomic E-state index is 12.5. The van der Waals surface area contributed by atoms with Crippen molar-refractivity contribution < 1.29 is 4.79 Å². The Bertz CT molecular complexity index is 770. The molecule has 1 aromatic heterocycles. The van der Waals surface area contributed by atoms with E-state index in [2.05, 4.69) is 26.3 Å². The molecule has 2 aliphatic rings. The molecule has 0 radical (unpaired) electrons. The number of nitrogens with one attached hydrogen (secondary N) is 2. The van der Waals surface area contributed by atoms with Gasteiger partial charge in [0.05, 0.1) is 11.4 Å². The highest BCUT2D eigenvalue weighted by molar-refractivity contribution is 5.90. The van der Waals surface area contributed by atoms with Gasteiger partial charge in [0.1, 0.15) is 0 Å². The molecular formula is C20H28N6O. The summed E-state index contributed by atoms with van der Waals surface area (Å²) < 4.78 is 2.14. The zero-order valence-electron chi connectivity index (χ0n) is 15.9. The van der Waals surface area contributed by atoms with E-state index in [4.69, 9.17) is 5.10 Å². The van der Waals surface area contributed by atoms with Crippen molar-refractivity contribution in [2.45, 2.75) is 33.0 Å². The SMILES string of the molecule is Cc1ccccc1NC(=O)N1CCN(Cc2cc3n(n2)CCCNC3)CC1. The molecule has 1 aromatic carbocycles. The number of anilines is 1. The molecule has 3 heterocycles. The van der Waals surface area contributed by atoms with Gasteiger partial charge in [-0.3, -0.25) is 9.58 Å². The number of carbonyl (C=O) groups excluding carboxylic acids is 1. The van der Waals surface area contributed by atoms with E-state index in [9.17, 15) is 4.79 Å². The Kier molecular flexibility index (Phi) is 5.40. The number of aryl methyl sites for hydroxylation is 2. The van der Waals surface area contributed by atoms with Crippen molar-refractivity contribution >= 4 is 11.7 Å². The number of piperazine rings is 1. The van der Waals surface area contributed by atoms with Gasteiger partial charge in [0.15, 0.2) is 0 Å². The van der Waals surface area contributed by atoms with Crippen LogP contribution in [0.4, 0.5) is 10.5 Å². The van der Waals surface area contributed by atoms with Crippen molar-refractivity contribution in [1.29, 1.82) is 0 Å². The van der Waals surface area contributed by atoms with E-state index in [0.717, 1.165) is 75.7 Å². The summed E-state index contributed by atoms with van der Waals surface area (Å²) in [5, 5.41) is 11.2. The highest BCUT2D eigenvalue weighted by atomic mass is 16.2. The van der Waals surface area contributed by atoms with Crippen LogP contribution in [0.2, 0.25) is 0 Å². The second-order valence-electron chi connectivity index (χ2n) is 7.39. The molecule has 2 aromatic rings. The van der Waals surface area contributed by atoms with E-state index in [1.54, 1.807) is 0 Å². The fourth-order valence-corrected chi connectivity index (χ4v) is 3.74. The number of hydrogen-bond donors (Lipinski definition) is 2. The van der Waals surface area contributed by atoms with Crippen LogP contribution in [0, 0.1) is 6.92 Å². The van der Waals surface area contributed by atoms with Crippen molar-refractivity contribution in [3.63, 3.8) is 0 Å². The van der Waals surface area contributed by atoms with Gasteiger partial charge in [-0.05, 0) is 37.6 Å². The van der Waals surface area contributed by atoms with E-state index < -0.39 is 0 Å². The summed E-state index contributed by atoms with van der Waals surface area (Å²) in [6.45, 7) is 9.06. The van der Waals surface area contributed by atoms with Crippen LogP contribution in [0.25, 0.3) is 0 Å². The minimum atomic E-state index is -0.0104. The Hall–Kier alpha value is -2.38. The zero-order valence-corrected chi connectivity index (χ0v) is 15.9. The van der Waals surface area contributed by atoms with Crippen molar-refractivity contribution in [1.82, 2.24) is 24.9 Å². The predicted molar refractivity (Wildman–Crippen MR) is 106 cm³/mol. The number of rotatable bonds is 3. The summed E-state index contributed by atoms with van der Waals surface area (Å²) in [7, 11) is 0. The number of carbonyl (C=O) groups is 1. The van der Waals surface area contributed by atoms with Crippen LogP contribution in [-0.4, -0.2) is 58.3 Å². The highest BCUT2D eigenvalue weighted by Crippen LogP contribution is 2.16. The lowest BCUT2D eigenvalue weighted by atomic mass is 10.2. The third-order valence-corrected chi connectivity index (χ3v) is 5.38. The Balaban J connectivity index is 1.29. The average Bonchev–Trinajstić information content (AvgIpc) is 2.92. The number of amides is 2. The maximum Gasteiger partial charge on any atom is 0.321 e. The Labute approximate surface area is 160 Å². The van der Waals surface area contributed by atoms with Gasteiger partial charge in [0.25, 0.3) is 0 Å². The molecule has 2 N–H and O–H groups in total. The lowest BCUT2D eigenvalue weighted by molar-refractivity contribution is 0.142. The predicted octanol–water partition coefficient (Wildman–Crippen LogP) is 2.03. The molecule has 0 spiro atoms. The van der Waals surface area contributed by atoms with Crippen molar-refractivity contribution in [3.05, 3.63) is 47.3 Å². The first-order valence-corrected chi connectivity index (χ1v) is 9.79. The zero-order chi connectivity index (χ0) is 18.6. The summed E-state index contributed by atoms with van der Waals surface area (Å²) in [6.07, 6.45) is 1.13. The highest BCUT2D eigenvalue weighted by Gasteiger charge is 2.22. The Morgan fingerprint density at radius 3 is 2.81 bits per heavy atom. The van der Waals surface area contributed by atoms with E-state index in [-0.39, 0.29) is 6.03 Å². The average molecular weight is 368 g/mol. The normalized spacial score (nSPS) is 18.0. The van der Waals surface area contributed by atoms with E-state index >= 15 is 0 Å². The van der Waals surface area contributed by atoms with Gasteiger partial charge < -0.3 is 15.5 Å². The van der Waals surface area contributed by atoms with Crippen LogP contribution in [0.5, 0.6) is 0 Å². The van der Waals surface area contributed by atoms with Gasteiger partial charge in [0.2, 0.25) is 0 Å². The molecule has 7 nitrogen and oxygen atoms in total. The molecule has 0 unspecified atom stereocenters. The third-order valence-electron chi connectivity index (χ3n) is 5.38. The van der Waals surface area contributed by atoms with Crippen LogP contribution in [0.15, 0.2) is 30.3 Å². The molecular weight excluding hydrogens is 340 g/mol. The first-order valence-electron chi connectivity index (χ1n) is 9.79. The summed E-state index contributed by atoms with van der Waals surface area (Å²) in [4.78, 5) is 16.8. The van der Waals surface area contributed by atoms with Crippen LogP contribution in [0.3, 0.4) is 0 Å². The maximum absolute atomic E-state index is 12.5. The molecule has 4 rings (SSSR count). The van der Waals surface area contributed by atoms with Gasteiger partial charge in [0, 0.05) is 51.5 Å². The van der Waals surface area contributed by atoms with E-state index in [1.807, 2.05) is 36.1 Å². The van der Waals surface area contributed by atoms with Crippen molar-refractivity contribution in [3.8, 4) is 0 Å². The van der Waals surface area contributed by atoms with Crippen LogP contribution in [0.1, 0.15) is 23.4 Å². The lowest BCUT2D eigenvalue weighted by Gasteiger charge is -2.34. The van der Waals surface area contributed by atoms with Gasteiger partial charge in [-0.25, -0.2) is 4.79 Å². The molecule has 0 saturated carbocycles. The molecule has 27 heavy (non-hydrogen) atoms. The quantitative estimate of drug-likeness (QED) is 0.870. The third kappa shape index (κ3) is 4.31. The first-order chi connectivity index (χ1) is 13.2. The van der Waals surface area contributed by atoms with E-state index in [1.165, 1.54) is 5.69 Å². The van der Waals surface area contributed by atoms with Gasteiger partial charge in [-0.1, -0.05) is 18.2 Å². The smallest absolute Gasteiger partial charge is 0.321 e. The fourth-order valence-electron chi connectivity index (χ4n) is 3.74. The summed E-state index contributed by atoms with van der Waals surface area (Å²) in [6, 6.07) is 10.1. The summed E-state index contributed by atoms with van der Waals surface area (Å²) >= 11 is 0. The largest absolute Gasteiger partial charge is 0.322 e. The van der Waals surface area contributed by atoms with Crippen LogP contribution >= 0.6 is 0 Å². The van der Waals surface area contributed by atoms with Crippen LogP contribution < -0.4 is 10.6 Å². The molecule has 2 aliphatic heterocycles. The standard InChI is InChI=1S/C20H28N6O/c1-16-5-2-3-6-19(16)22-20(27)25-11-9-24(10-12-25)15-17-13-18-14-21-7-4-8-26(18)23-17/h2-3,5-6,13,21H,4,7-12,14-15H2,1H3,(H,22,27). The lowest BCUT2D eigenvalue weighted by Crippen LogP contribution is -2.49. The van der Waals surface area contributed by atoms with E-state index in [0.29, 0.717) is 0 Å². The number of nitrogens with zero attached hydrogens (tertiary/aromatic N) is 4. The number of urea groups is 1. The Morgan fingerprint density at radius 2 is 2.00 bits per heavy atom. The molecule has 1 saturated heterocycles. The number of hydrogen-bond acceptors (Lipinski definition) is 4. The fraction of sp³-hybridized carbons (Fsp3) is 0.500. The van der Waals surface area contributed by atoms with Gasteiger partial charge in [-0.15, -0.1) is 0 Å². The topological polar surface area (TPSA) is 65.4 Å². The van der Waals surface area contributed by atoms with Crippen molar-refractivity contribution in [2.75, 3.05) is 38.0 Å². The first kappa shape index (κ1) is 18.0. The Morgan fingerprint density at radius 1 is 1.19 bits per heavy atom. The molecule has 0 atom stereocenters. The molecule has 2 amide bonds. The molecule has 0 aliphatic carbocycles. The molecule has 7 heteroatoms. The minimum Gasteiger partial charge on any atom is -0.322 e. The van der Waals surface area contributed by atoms with Crippen molar-refractivity contribution in [2.24, 2.45) is 0 Å². The summed E-state index contributed by atoms with van der Waals surface area (Å²) in [5.41, 5.74) is 4.38. The second-order valence-corrected chi connectivity index (χ2v) is 7.39. The number of fused-ring (bicyclic) bond motifs is 1. The number of benzene rings is 1. The monoisotopic (exact) mass is 368 g/mol. The van der Waals surface area contributed by atoms with Crippen LogP contribution in [-0.2, 0) is 19.6 Å². The summed E-state index contributed by atoms with van der Waals surface area (Å²) in [5.74, 6) is 0. The molecule has 144 valence electrons. The number of para-hydroxylation sites is 1. The molecule has 1 fully saturated rings. The molecule has 0 bridgehead atoms. The number of aromatic nitrogens is 2. The second kappa shape index (κ2) is 8.10. The van der Waals surface area contributed by atoms with Gasteiger partial charge in [-0.2, -0.15) is 5.10 Å². The minimum absolute atomic E-state index is 0.0104.